The highest BCUT2D eigenvalue weighted by molar-refractivity contribution is 4.73. The minimum atomic E-state index is 0.664. The normalized spacial score (nSPS) is 22.5. The van der Waals surface area contributed by atoms with Crippen LogP contribution < -0.4 is 5.32 Å². The number of unbranched alkanes of at least 4 members (excludes halogenated alkanes) is 1. The first-order valence-corrected chi connectivity index (χ1v) is 6.91. The van der Waals surface area contributed by atoms with E-state index in [1.807, 2.05) is 0 Å². The Morgan fingerprint density at radius 3 is 2.88 bits per heavy atom. The largest absolute Gasteiger partial charge is 0.378 e. The van der Waals surface area contributed by atoms with Gasteiger partial charge in [-0.15, -0.1) is 0 Å². The van der Waals surface area contributed by atoms with Gasteiger partial charge in [-0.25, -0.2) is 0 Å². The van der Waals surface area contributed by atoms with Gasteiger partial charge in [0.05, 0.1) is 13.2 Å². The molecule has 0 aromatic carbocycles. The predicted octanol–water partition coefficient (Wildman–Crippen LogP) is 1.88. The van der Waals surface area contributed by atoms with Crippen molar-refractivity contribution in [3.8, 4) is 0 Å². The van der Waals surface area contributed by atoms with Crippen LogP contribution in [0.25, 0.3) is 0 Å². The van der Waals surface area contributed by atoms with Crippen molar-refractivity contribution < 1.29 is 4.74 Å². The van der Waals surface area contributed by atoms with Crippen LogP contribution in [0.1, 0.15) is 39.5 Å². The number of hydrogen-bond acceptors (Lipinski definition) is 3. The summed E-state index contributed by atoms with van der Waals surface area (Å²) in [6, 6.07) is 0.664. The molecule has 3 nitrogen and oxygen atoms in total. The van der Waals surface area contributed by atoms with Gasteiger partial charge in [0.25, 0.3) is 0 Å². The molecule has 1 N–H and O–H groups in total. The Bertz CT molecular complexity index is 164. The van der Waals surface area contributed by atoms with E-state index in [1.54, 1.807) is 0 Å². The zero-order valence-electron chi connectivity index (χ0n) is 11.0. The summed E-state index contributed by atoms with van der Waals surface area (Å²) < 4.78 is 5.51. The monoisotopic (exact) mass is 228 g/mol. The molecule has 1 rings (SSSR count). The Kier molecular flexibility index (Phi) is 7.81. The third-order valence-corrected chi connectivity index (χ3v) is 3.30. The molecule has 1 aliphatic heterocycles. The van der Waals surface area contributed by atoms with Crippen LogP contribution in [0.15, 0.2) is 0 Å². The van der Waals surface area contributed by atoms with Crippen molar-refractivity contribution in [1.82, 2.24) is 10.2 Å². The van der Waals surface area contributed by atoms with E-state index in [1.165, 1.54) is 38.8 Å². The van der Waals surface area contributed by atoms with Crippen LogP contribution in [0, 0.1) is 0 Å². The summed E-state index contributed by atoms with van der Waals surface area (Å²) >= 11 is 0. The lowest BCUT2D eigenvalue weighted by atomic mass is 10.1. The van der Waals surface area contributed by atoms with E-state index in [4.69, 9.17) is 4.74 Å². The van der Waals surface area contributed by atoms with Crippen molar-refractivity contribution in [2.45, 2.75) is 45.6 Å². The van der Waals surface area contributed by atoms with Crippen molar-refractivity contribution in [2.75, 3.05) is 39.4 Å². The van der Waals surface area contributed by atoms with Gasteiger partial charge in [-0.2, -0.15) is 0 Å². The zero-order chi connectivity index (χ0) is 11.6. The van der Waals surface area contributed by atoms with Crippen LogP contribution in [0.2, 0.25) is 0 Å². The van der Waals surface area contributed by atoms with E-state index in [9.17, 15) is 0 Å². The second kappa shape index (κ2) is 8.97. The lowest BCUT2D eigenvalue weighted by Gasteiger charge is -2.35. The van der Waals surface area contributed by atoms with Crippen LogP contribution in [-0.2, 0) is 4.74 Å². The van der Waals surface area contributed by atoms with Gasteiger partial charge in [0.15, 0.2) is 0 Å². The summed E-state index contributed by atoms with van der Waals surface area (Å²) in [7, 11) is 0. The molecule has 0 aliphatic carbocycles. The average molecular weight is 228 g/mol. The van der Waals surface area contributed by atoms with Gasteiger partial charge in [-0.05, 0) is 45.3 Å². The smallest absolute Gasteiger partial charge is 0.0622 e. The fourth-order valence-corrected chi connectivity index (χ4v) is 2.23. The van der Waals surface area contributed by atoms with Crippen molar-refractivity contribution in [1.29, 1.82) is 0 Å². The van der Waals surface area contributed by atoms with E-state index in [2.05, 4.69) is 24.1 Å². The summed E-state index contributed by atoms with van der Waals surface area (Å²) in [6.07, 6.45) is 5.07. The van der Waals surface area contributed by atoms with Gasteiger partial charge in [-0.3, -0.25) is 4.90 Å². The average Bonchev–Trinajstić information content (AvgIpc) is 2.34. The van der Waals surface area contributed by atoms with E-state index in [0.717, 1.165) is 26.3 Å². The van der Waals surface area contributed by atoms with Gasteiger partial charge in [0.2, 0.25) is 0 Å². The minimum Gasteiger partial charge on any atom is -0.378 e. The standard InChI is InChI=1S/C13H28N2O/c1-3-7-14-8-5-6-9-15-10-11-16-12-13(15)4-2/h13-14H,3-12H2,1-2H3. The quantitative estimate of drug-likeness (QED) is 0.642. The van der Waals surface area contributed by atoms with Crippen molar-refractivity contribution >= 4 is 0 Å². The Balaban J connectivity index is 2.02. The van der Waals surface area contributed by atoms with Crippen LogP contribution >= 0.6 is 0 Å². The molecule has 3 heteroatoms. The Labute approximate surface area is 101 Å². The predicted molar refractivity (Wildman–Crippen MR) is 68.9 cm³/mol. The lowest BCUT2D eigenvalue weighted by molar-refractivity contribution is -0.00909. The molecule has 0 radical (unpaired) electrons. The SMILES string of the molecule is CCCNCCCCN1CCOCC1CC. The highest BCUT2D eigenvalue weighted by Crippen LogP contribution is 2.10. The zero-order valence-corrected chi connectivity index (χ0v) is 11.0. The number of rotatable bonds is 8. The molecule has 0 spiro atoms. The van der Waals surface area contributed by atoms with Crippen molar-refractivity contribution in [2.24, 2.45) is 0 Å². The van der Waals surface area contributed by atoms with Crippen LogP contribution in [0.5, 0.6) is 0 Å². The van der Waals surface area contributed by atoms with Gasteiger partial charge >= 0.3 is 0 Å². The third-order valence-electron chi connectivity index (χ3n) is 3.30. The summed E-state index contributed by atoms with van der Waals surface area (Å²) in [6.45, 7) is 11.0. The molecular weight excluding hydrogens is 200 g/mol. The fourth-order valence-electron chi connectivity index (χ4n) is 2.23. The first-order valence-electron chi connectivity index (χ1n) is 6.91. The Morgan fingerprint density at radius 2 is 2.12 bits per heavy atom. The first-order chi connectivity index (χ1) is 7.88. The second-order valence-electron chi connectivity index (χ2n) is 4.63. The molecule has 96 valence electrons. The van der Waals surface area contributed by atoms with E-state index in [-0.39, 0.29) is 0 Å². The number of morpholine rings is 1. The van der Waals surface area contributed by atoms with Crippen molar-refractivity contribution in [3.05, 3.63) is 0 Å². The van der Waals surface area contributed by atoms with Crippen molar-refractivity contribution in [3.63, 3.8) is 0 Å². The summed E-state index contributed by atoms with van der Waals surface area (Å²) in [5, 5.41) is 3.45. The summed E-state index contributed by atoms with van der Waals surface area (Å²) in [4.78, 5) is 2.60. The Morgan fingerprint density at radius 1 is 1.25 bits per heavy atom. The summed E-state index contributed by atoms with van der Waals surface area (Å²) in [5.74, 6) is 0. The van der Waals surface area contributed by atoms with E-state index >= 15 is 0 Å². The van der Waals surface area contributed by atoms with E-state index < -0.39 is 0 Å². The topological polar surface area (TPSA) is 24.5 Å². The molecule has 16 heavy (non-hydrogen) atoms. The van der Waals surface area contributed by atoms with Gasteiger partial charge in [-0.1, -0.05) is 13.8 Å². The number of hydrogen-bond donors (Lipinski definition) is 1. The maximum Gasteiger partial charge on any atom is 0.0622 e. The summed E-state index contributed by atoms with van der Waals surface area (Å²) in [5.41, 5.74) is 0. The van der Waals surface area contributed by atoms with Gasteiger partial charge in [0, 0.05) is 12.6 Å². The molecule has 0 amide bonds. The van der Waals surface area contributed by atoms with Gasteiger partial charge < -0.3 is 10.1 Å². The molecule has 0 saturated carbocycles. The first kappa shape index (κ1) is 13.9. The van der Waals surface area contributed by atoms with Crippen LogP contribution in [0.4, 0.5) is 0 Å². The third kappa shape index (κ3) is 5.28. The van der Waals surface area contributed by atoms with Gasteiger partial charge in [0.1, 0.15) is 0 Å². The molecule has 0 bridgehead atoms. The molecule has 1 saturated heterocycles. The second-order valence-corrected chi connectivity index (χ2v) is 4.63. The van der Waals surface area contributed by atoms with Crippen LogP contribution in [-0.4, -0.2) is 50.3 Å². The maximum atomic E-state index is 5.51. The minimum absolute atomic E-state index is 0.664. The molecule has 1 fully saturated rings. The maximum absolute atomic E-state index is 5.51. The molecule has 0 aromatic rings. The molecular formula is C13H28N2O. The number of ether oxygens (including phenoxy) is 1. The fraction of sp³-hybridized carbons (Fsp3) is 1.00. The lowest BCUT2D eigenvalue weighted by Crippen LogP contribution is -2.45. The van der Waals surface area contributed by atoms with E-state index in [0.29, 0.717) is 6.04 Å². The molecule has 1 heterocycles. The Hall–Kier alpha value is -0.120. The number of nitrogens with zero attached hydrogens (tertiary/aromatic N) is 1. The molecule has 1 unspecified atom stereocenters. The highest BCUT2D eigenvalue weighted by Gasteiger charge is 2.20. The molecule has 1 atom stereocenters. The highest BCUT2D eigenvalue weighted by atomic mass is 16.5. The molecule has 0 aromatic heterocycles. The number of nitrogens with one attached hydrogen (secondary N) is 1. The van der Waals surface area contributed by atoms with Crippen LogP contribution in [0.3, 0.4) is 0 Å². The molecule has 1 aliphatic rings.